The fourth-order valence-corrected chi connectivity index (χ4v) is 2.17. The molecule has 1 atom stereocenters. The van der Waals surface area contributed by atoms with Crippen LogP contribution in [0.2, 0.25) is 0 Å². The van der Waals surface area contributed by atoms with Crippen LogP contribution in [-0.2, 0) is 11.3 Å². The van der Waals surface area contributed by atoms with Crippen LogP contribution in [0.15, 0.2) is 21.2 Å². The smallest absolute Gasteiger partial charge is 0.236 e. The van der Waals surface area contributed by atoms with Gasteiger partial charge in [-0.15, -0.1) is 0 Å². The van der Waals surface area contributed by atoms with E-state index in [2.05, 4.69) is 21.2 Å². The van der Waals surface area contributed by atoms with Crippen LogP contribution in [0.25, 0.3) is 0 Å². The van der Waals surface area contributed by atoms with Gasteiger partial charge in [-0.3, -0.25) is 9.69 Å². The molecule has 1 saturated heterocycles. The number of amides is 1. The van der Waals surface area contributed by atoms with Crippen molar-refractivity contribution >= 4 is 21.8 Å². The Labute approximate surface area is 102 Å². The molecular weight excluding hydrogens is 274 g/mol. The van der Waals surface area contributed by atoms with Crippen molar-refractivity contribution in [2.24, 2.45) is 5.73 Å². The van der Waals surface area contributed by atoms with Crippen molar-refractivity contribution in [1.82, 2.24) is 10.2 Å². The maximum absolute atomic E-state index is 11.3. The number of piperazine rings is 1. The molecule has 1 aliphatic heterocycles. The molecule has 2 heterocycles. The van der Waals surface area contributed by atoms with Crippen LogP contribution in [0.1, 0.15) is 5.76 Å². The minimum Gasteiger partial charge on any atom is -0.467 e. The van der Waals surface area contributed by atoms with Crippen LogP contribution in [0.5, 0.6) is 0 Å². The van der Waals surface area contributed by atoms with Gasteiger partial charge in [0.2, 0.25) is 5.91 Å². The number of nitrogens with zero attached hydrogens (tertiary/aromatic N) is 1. The summed E-state index contributed by atoms with van der Waals surface area (Å²) < 4.78 is 6.26. The predicted molar refractivity (Wildman–Crippen MR) is 62.7 cm³/mol. The number of hydrogen-bond donors (Lipinski definition) is 2. The molecule has 0 aliphatic carbocycles. The van der Waals surface area contributed by atoms with Gasteiger partial charge in [0, 0.05) is 19.6 Å². The molecule has 0 bridgehead atoms. The summed E-state index contributed by atoms with van der Waals surface area (Å²) in [5.41, 5.74) is 5.36. The first-order chi connectivity index (χ1) is 7.68. The van der Waals surface area contributed by atoms with Crippen LogP contribution >= 0.6 is 15.9 Å². The summed E-state index contributed by atoms with van der Waals surface area (Å²) in [4.78, 5) is 13.3. The molecule has 1 aromatic rings. The number of primary amides is 1. The summed E-state index contributed by atoms with van der Waals surface area (Å²) in [5.74, 6) is 0.531. The quantitative estimate of drug-likeness (QED) is 0.839. The molecule has 1 aliphatic rings. The van der Waals surface area contributed by atoms with E-state index < -0.39 is 0 Å². The standard InChI is InChI=1S/C10H14BrN3O2/c11-7-1-4-16-9(7)6-14-3-2-13-5-8(14)10(12)15/h1,4,8,13H,2-3,5-6H2,(H2,12,15). The van der Waals surface area contributed by atoms with Gasteiger partial charge in [0.15, 0.2) is 0 Å². The molecule has 1 unspecified atom stereocenters. The van der Waals surface area contributed by atoms with Gasteiger partial charge in [-0.05, 0) is 22.0 Å². The van der Waals surface area contributed by atoms with E-state index in [9.17, 15) is 4.79 Å². The van der Waals surface area contributed by atoms with E-state index in [1.165, 1.54) is 0 Å². The van der Waals surface area contributed by atoms with Crippen LogP contribution < -0.4 is 11.1 Å². The van der Waals surface area contributed by atoms with Crippen molar-refractivity contribution in [3.63, 3.8) is 0 Å². The lowest BCUT2D eigenvalue weighted by molar-refractivity contribution is -0.124. The van der Waals surface area contributed by atoms with Crippen molar-refractivity contribution < 1.29 is 9.21 Å². The van der Waals surface area contributed by atoms with Crippen LogP contribution in [0, 0.1) is 0 Å². The highest BCUT2D eigenvalue weighted by atomic mass is 79.9. The van der Waals surface area contributed by atoms with E-state index in [-0.39, 0.29) is 11.9 Å². The number of nitrogens with two attached hydrogens (primary N) is 1. The number of furan rings is 1. The highest BCUT2D eigenvalue weighted by molar-refractivity contribution is 9.10. The zero-order valence-electron chi connectivity index (χ0n) is 8.78. The fourth-order valence-electron chi connectivity index (χ4n) is 1.84. The second-order valence-corrected chi connectivity index (χ2v) is 4.64. The third-order valence-electron chi connectivity index (χ3n) is 2.72. The van der Waals surface area contributed by atoms with Crippen molar-refractivity contribution in [1.29, 1.82) is 0 Å². The third kappa shape index (κ3) is 2.45. The van der Waals surface area contributed by atoms with Crippen LogP contribution in [0.3, 0.4) is 0 Å². The van der Waals surface area contributed by atoms with Gasteiger partial charge in [0.05, 0.1) is 17.3 Å². The number of hydrogen-bond acceptors (Lipinski definition) is 4. The molecule has 5 nitrogen and oxygen atoms in total. The molecular formula is C10H14BrN3O2. The zero-order valence-corrected chi connectivity index (χ0v) is 10.4. The summed E-state index contributed by atoms with van der Waals surface area (Å²) in [6.07, 6.45) is 1.63. The number of carbonyl (C=O) groups excluding carboxylic acids is 1. The Balaban J connectivity index is 2.07. The second-order valence-electron chi connectivity index (χ2n) is 3.78. The summed E-state index contributed by atoms with van der Waals surface area (Å²) in [6.45, 7) is 2.86. The number of carbonyl (C=O) groups is 1. The first-order valence-corrected chi connectivity index (χ1v) is 5.93. The Morgan fingerprint density at radius 1 is 1.75 bits per heavy atom. The van der Waals surface area contributed by atoms with E-state index >= 15 is 0 Å². The average molecular weight is 288 g/mol. The van der Waals surface area contributed by atoms with Crippen LogP contribution in [-0.4, -0.2) is 36.5 Å². The van der Waals surface area contributed by atoms with Gasteiger partial charge in [-0.2, -0.15) is 0 Å². The van der Waals surface area contributed by atoms with Crippen molar-refractivity contribution in [3.8, 4) is 0 Å². The highest BCUT2D eigenvalue weighted by Gasteiger charge is 2.27. The molecule has 1 fully saturated rings. The molecule has 0 aromatic carbocycles. The average Bonchev–Trinajstić information content (AvgIpc) is 2.65. The maximum Gasteiger partial charge on any atom is 0.236 e. The third-order valence-corrected chi connectivity index (χ3v) is 3.43. The number of nitrogens with one attached hydrogen (secondary N) is 1. The largest absolute Gasteiger partial charge is 0.467 e. The maximum atomic E-state index is 11.3. The first kappa shape index (κ1) is 11.6. The summed E-state index contributed by atoms with van der Waals surface area (Å²) in [6, 6.07) is 1.59. The monoisotopic (exact) mass is 287 g/mol. The molecule has 16 heavy (non-hydrogen) atoms. The lowest BCUT2D eigenvalue weighted by Crippen LogP contribution is -2.56. The molecule has 0 radical (unpaired) electrons. The summed E-state index contributed by atoms with van der Waals surface area (Å²) in [7, 11) is 0. The minimum atomic E-state index is -0.296. The SMILES string of the molecule is NC(=O)C1CNCCN1Cc1occc1Br. The summed E-state index contributed by atoms with van der Waals surface area (Å²) >= 11 is 3.40. The van der Waals surface area contributed by atoms with E-state index in [1.807, 2.05) is 11.0 Å². The van der Waals surface area contributed by atoms with Gasteiger partial charge in [0.25, 0.3) is 0 Å². The molecule has 0 saturated carbocycles. The second kappa shape index (κ2) is 4.99. The van der Waals surface area contributed by atoms with E-state index in [0.717, 1.165) is 23.3 Å². The number of halogens is 1. The molecule has 6 heteroatoms. The van der Waals surface area contributed by atoms with Gasteiger partial charge < -0.3 is 15.5 Å². The van der Waals surface area contributed by atoms with Gasteiger partial charge in [-0.25, -0.2) is 0 Å². The highest BCUT2D eigenvalue weighted by Crippen LogP contribution is 2.20. The van der Waals surface area contributed by atoms with Gasteiger partial charge in [0.1, 0.15) is 11.8 Å². The Morgan fingerprint density at radius 3 is 3.19 bits per heavy atom. The minimum absolute atomic E-state index is 0.259. The summed E-state index contributed by atoms with van der Waals surface area (Å²) in [5, 5.41) is 3.16. The Hall–Kier alpha value is -0.850. The number of rotatable bonds is 3. The molecule has 0 spiro atoms. The van der Waals surface area contributed by atoms with Crippen molar-refractivity contribution in [3.05, 3.63) is 22.6 Å². The lowest BCUT2D eigenvalue weighted by Gasteiger charge is -2.33. The van der Waals surface area contributed by atoms with Gasteiger partial charge >= 0.3 is 0 Å². The van der Waals surface area contributed by atoms with Crippen molar-refractivity contribution in [2.45, 2.75) is 12.6 Å². The Kier molecular flexibility index (Phi) is 3.63. The van der Waals surface area contributed by atoms with E-state index in [1.54, 1.807) is 6.26 Å². The molecule has 88 valence electrons. The molecule has 3 N–H and O–H groups in total. The Bertz CT molecular complexity index is 380. The van der Waals surface area contributed by atoms with Crippen molar-refractivity contribution in [2.75, 3.05) is 19.6 Å². The normalized spacial score (nSPS) is 22.2. The van der Waals surface area contributed by atoms with E-state index in [4.69, 9.17) is 10.2 Å². The first-order valence-electron chi connectivity index (χ1n) is 5.14. The predicted octanol–water partition coefficient (Wildman–Crippen LogP) is 0.301. The Morgan fingerprint density at radius 2 is 2.56 bits per heavy atom. The molecule has 2 rings (SSSR count). The van der Waals surface area contributed by atoms with E-state index in [0.29, 0.717) is 13.1 Å². The van der Waals surface area contributed by atoms with Crippen LogP contribution in [0.4, 0.5) is 0 Å². The topological polar surface area (TPSA) is 71.5 Å². The zero-order chi connectivity index (χ0) is 11.5. The lowest BCUT2D eigenvalue weighted by atomic mass is 10.1. The molecule has 1 aromatic heterocycles. The van der Waals surface area contributed by atoms with Gasteiger partial charge in [-0.1, -0.05) is 0 Å². The fraction of sp³-hybridized carbons (Fsp3) is 0.500. The molecule has 1 amide bonds.